The van der Waals surface area contributed by atoms with Crippen molar-refractivity contribution in [3.8, 4) is 0 Å². The van der Waals surface area contributed by atoms with Crippen molar-refractivity contribution >= 4 is 46.4 Å². The number of fused-ring (bicyclic) bond motifs is 1. The topological polar surface area (TPSA) is 54.2 Å². The lowest BCUT2D eigenvalue weighted by molar-refractivity contribution is -0.220. The minimum absolute atomic E-state index is 0.0103. The molecule has 7 heteroatoms. The van der Waals surface area contributed by atoms with Gasteiger partial charge in [-0.2, -0.15) is 0 Å². The van der Waals surface area contributed by atoms with Crippen LogP contribution in [0.25, 0.3) is 0 Å². The molecule has 3 aliphatic rings. The Morgan fingerprint density at radius 2 is 1.62 bits per heavy atom. The standard InChI is InChI=1S/C22H33ClN2O2S2/c1-19(2)16(23)8-11-22(5,27-19)15-6-9-20(3,25-13-29)14-7-10-21(4,26)18(17(14)15)24-12-28/h14-18,26H,6-11H2,1-5H3/t14-,15-,16-,17-,18+,20-,21+,22+/m0/s1. The van der Waals surface area contributed by atoms with E-state index in [1.54, 1.807) is 0 Å². The summed E-state index contributed by atoms with van der Waals surface area (Å²) in [6, 6.07) is -0.332. The first-order valence-electron chi connectivity index (χ1n) is 10.6. The van der Waals surface area contributed by atoms with Crippen LogP contribution in [-0.2, 0) is 4.74 Å². The van der Waals surface area contributed by atoms with E-state index in [9.17, 15) is 5.11 Å². The Balaban J connectivity index is 2.08. The van der Waals surface area contributed by atoms with E-state index >= 15 is 0 Å². The second-order valence-electron chi connectivity index (χ2n) is 10.5. The quantitative estimate of drug-likeness (QED) is 0.348. The third-order valence-electron chi connectivity index (χ3n) is 8.07. The van der Waals surface area contributed by atoms with Crippen molar-refractivity contribution in [2.24, 2.45) is 27.7 Å². The number of halogens is 1. The molecule has 0 aromatic heterocycles. The maximum atomic E-state index is 11.2. The van der Waals surface area contributed by atoms with Gasteiger partial charge < -0.3 is 9.84 Å². The molecule has 4 nitrogen and oxygen atoms in total. The first kappa shape index (κ1) is 23.5. The summed E-state index contributed by atoms with van der Waals surface area (Å²) in [5, 5.41) is 16.4. The van der Waals surface area contributed by atoms with Crippen LogP contribution in [0, 0.1) is 17.8 Å². The third kappa shape index (κ3) is 4.15. The first-order valence-corrected chi connectivity index (χ1v) is 11.9. The molecule has 0 aromatic carbocycles. The Morgan fingerprint density at radius 3 is 2.21 bits per heavy atom. The van der Waals surface area contributed by atoms with E-state index in [-0.39, 0.29) is 40.3 Å². The zero-order valence-electron chi connectivity index (χ0n) is 18.1. The summed E-state index contributed by atoms with van der Waals surface area (Å²) in [7, 11) is 0. The monoisotopic (exact) mass is 456 g/mol. The number of hydrogen-bond donors (Lipinski definition) is 1. The summed E-state index contributed by atoms with van der Waals surface area (Å²) in [5.74, 6) is 0.521. The van der Waals surface area contributed by atoms with Gasteiger partial charge in [-0.05, 0) is 115 Å². The van der Waals surface area contributed by atoms with Crippen molar-refractivity contribution in [2.75, 3.05) is 0 Å². The molecule has 0 spiro atoms. The van der Waals surface area contributed by atoms with Crippen LogP contribution in [0.2, 0.25) is 0 Å². The fourth-order valence-electron chi connectivity index (χ4n) is 6.45. The van der Waals surface area contributed by atoms with E-state index in [2.05, 4.69) is 48.0 Å². The Bertz CT molecular complexity index is 747. The van der Waals surface area contributed by atoms with Crippen LogP contribution in [0.3, 0.4) is 0 Å². The van der Waals surface area contributed by atoms with Crippen LogP contribution in [-0.4, -0.2) is 49.2 Å². The van der Waals surface area contributed by atoms with Crippen molar-refractivity contribution in [2.45, 2.75) is 107 Å². The number of alkyl halides is 1. The molecule has 0 amide bonds. The van der Waals surface area contributed by atoms with E-state index < -0.39 is 11.2 Å². The number of hydrogen-bond acceptors (Lipinski definition) is 6. The Labute approximate surface area is 190 Å². The van der Waals surface area contributed by atoms with E-state index in [0.29, 0.717) is 6.42 Å². The lowest BCUT2D eigenvalue weighted by Crippen LogP contribution is -2.64. The number of nitrogens with zero attached hydrogens (tertiary/aromatic N) is 2. The molecule has 0 bridgehead atoms. The van der Waals surface area contributed by atoms with Gasteiger partial charge in [0.1, 0.15) is 0 Å². The molecule has 1 saturated heterocycles. The van der Waals surface area contributed by atoms with Gasteiger partial charge in [-0.15, -0.1) is 11.6 Å². The summed E-state index contributed by atoms with van der Waals surface area (Å²) in [6.45, 7) is 10.4. The summed E-state index contributed by atoms with van der Waals surface area (Å²) >= 11 is 16.5. The van der Waals surface area contributed by atoms with Crippen molar-refractivity contribution in [1.82, 2.24) is 0 Å². The average Bonchev–Trinajstić information content (AvgIpc) is 2.61. The van der Waals surface area contributed by atoms with Crippen LogP contribution in [0.1, 0.15) is 73.1 Å². The predicted molar refractivity (Wildman–Crippen MR) is 124 cm³/mol. The smallest absolute Gasteiger partial charge is 0.0922 e. The summed E-state index contributed by atoms with van der Waals surface area (Å²) < 4.78 is 6.72. The number of aliphatic imine (C=N–C) groups is 2. The van der Waals surface area contributed by atoms with Gasteiger partial charge in [-0.1, -0.05) is 0 Å². The van der Waals surface area contributed by atoms with Gasteiger partial charge in [0.2, 0.25) is 0 Å². The zero-order chi connectivity index (χ0) is 21.7. The minimum atomic E-state index is -0.930. The number of rotatable bonds is 3. The first-order chi connectivity index (χ1) is 13.4. The lowest BCUT2D eigenvalue weighted by Gasteiger charge is -2.60. The van der Waals surface area contributed by atoms with Crippen LogP contribution in [0.5, 0.6) is 0 Å². The minimum Gasteiger partial charge on any atom is -0.388 e. The van der Waals surface area contributed by atoms with Crippen molar-refractivity contribution in [1.29, 1.82) is 0 Å². The third-order valence-corrected chi connectivity index (χ3v) is 9.02. The van der Waals surface area contributed by atoms with E-state index in [0.717, 1.165) is 32.1 Å². The van der Waals surface area contributed by atoms with Gasteiger partial charge in [-0.25, -0.2) is 9.98 Å². The Kier molecular flexibility index (Phi) is 6.52. The van der Waals surface area contributed by atoms with Crippen LogP contribution in [0.15, 0.2) is 9.98 Å². The Morgan fingerprint density at radius 1 is 0.966 bits per heavy atom. The highest BCUT2D eigenvalue weighted by molar-refractivity contribution is 7.78. The average molecular weight is 457 g/mol. The number of thiocarbonyl (C=S) groups is 2. The summed E-state index contributed by atoms with van der Waals surface area (Å²) in [4.78, 5) is 9.14. The molecule has 3 rings (SSSR count). The molecule has 1 aliphatic heterocycles. The molecule has 162 valence electrons. The highest BCUT2D eigenvalue weighted by Crippen LogP contribution is 2.58. The molecule has 0 radical (unpaired) electrons. The summed E-state index contributed by atoms with van der Waals surface area (Å²) in [6.07, 6.45) is 5.17. The molecule has 1 heterocycles. The summed E-state index contributed by atoms with van der Waals surface area (Å²) in [5.41, 5.74) is -1.98. The van der Waals surface area contributed by atoms with Crippen LogP contribution < -0.4 is 0 Å². The van der Waals surface area contributed by atoms with E-state index in [1.165, 1.54) is 0 Å². The molecule has 3 fully saturated rings. The molecule has 8 atom stereocenters. The largest absolute Gasteiger partial charge is 0.388 e. The van der Waals surface area contributed by atoms with Crippen molar-refractivity contribution in [3.05, 3.63) is 0 Å². The molecule has 0 aromatic rings. The molecule has 0 unspecified atom stereocenters. The maximum Gasteiger partial charge on any atom is 0.0922 e. The molecular formula is C22H33ClN2O2S2. The normalized spacial score (nSPS) is 49.3. The van der Waals surface area contributed by atoms with Gasteiger partial charge in [0.15, 0.2) is 0 Å². The second-order valence-corrected chi connectivity index (χ2v) is 11.4. The predicted octanol–water partition coefficient (Wildman–Crippen LogP) is 5.46. The lowest BCUT2D eigenvalue weighted by atomic mass is 9.51. The van der Waals surface area contributed by atoms with Crippen LogP contribution >= 0.6 is 36.0 Å². The molecule has 29 heavy (non-hydrogen) atoms. The van der Waals surface area contributed by atoms with Crippen molar-refractivity contribution < 1.29 is 9.84 Å². The zero-order valence-corrected chi connectivity index (χ0v) is 20.5. The van der Waals surface area contributed by atoms with Crippen molar-refractivity contribution in [3.63, 3.8) is 0 Å². The van der Waals surface area contributed by atoms with Gasteiger partial charge in [0, 0.05) is 0 Å². The van der Waals surface area contributed by atoms with E-state index in [4.69, 9.17) is 40.8 Å². The highest BCUT2D eigenvalue weighted by atomic mass is 35.5. The number of ether oxygens (including phenoxy) is 1. The fourth-order valence-corrected chi connectivity index (χ4v) is 6.93. The molecule has 2 aliphatic carbocycles. The highest BCUT2D eigenvalue weighted by Gasteiger charge is 2.61. The van der Waals surface area contributed by atoms with Gasteiger partial charge in [0.05, 0.1) is 44.1 Å². The molecule has 2 saturated carbocycles. The van der Waals surface area contributed by atoms with Gasteiger partial charge in [-0.3, -0.25) is 0 Å². The SMILES string of the molecule is CC1(C)O[C@@](C)([C@H]2CC[C@](C)(N=C=S)[C@H]3CC[C@@](C)(O)[C@H](N=C=S)[C@H]23)CC[C@@H]1Cl. The fraction of sp³-hybridized carbons (Fsp3) is 0.909. The van der Waals surface area contributed by atoms with Crippen LogP contribution in [0.4, 0.5) is 0 Å². The molecule has 1 N–H and O–H groups in total. The number of aliphatic hydroxyl groups is 1. The molecular weight excluding hydrogens is 424 g/mol. The van der Waals surface area contributed by atoms with E-state index in [1.807, 2.05) is 6.92 Å². The second kappa shape index (κ2) is 8.06. The van der Waals surface area contributed by atoms with Gasteiger partial charge >= 0.3 is 0 Å². The van der Waals surface area contributed by atoms with Gasteiger partial charge in [0.25, 0.3) is 0 Å². The number of isothiocyanates is 2. The maximum absolute atomic E-state index is 11.2. The Hall–Kier alpha value is -0.190.